The van der Waals surface area contributed by atoms with Crippen LogP contribution in [0.4, 0.5) is 0 Å². The Morgan fingerprint density at radius 1 is 1.44 bits per heavy atom. The first-order valence-electron chi connectivity index (χ1n) is 5.77. The maximum absolute atomic E-state index is 11.5. The van der Waals surface area contributed by atoms with Crippen molar-refractivity contribution < 1.29 is 14.3 Å². The van der Waals surface area contributed by atoms with Gasteiger partial charge in [-0.15, -0.1) is 6.58 Å². The van der Waals surface area contributed by atoms with E-state index in [9.17, 15) is 4.79 Å². The Balaban J connectivity index is 2.93. The van der Waals surface area contributed by atoms with Crippen LogP contribution in [0.5, 0.6) is 0 Å². The molecule has 1 rings (SSSR count). The molecular formula is C13H22O3. The fourth-order valence-electron chi connectivity index (χ4n) is 2.22. The van der Waals surface area contributed by atoms with E-state index in [-0.39, 0.29) is 29.8 Å². The molecule has 0 spiro atoms. The Morgan fingerprint density at radius 3 is 2.44 bits per heavy atom. The fraction of sp³-hybridized carbons (Fsp3) is 0.769. The first-order chi connectivity index (χ1) is 7.28. The van der Waals surface area contributed by atoms with Gasteiger partial charge in [0.05, 0.1) is 6.10 Å². The molecule has 3 heteroatoms. The topological polar surface area (TPSA) is 35.5 Å². The van der Waals surface area contributed by atoms with Crippen LogP contribution >= 0.6 is 0 Å². The monoisotopic (exact) mass is 226 g/mol. The van der Waals surface area contributed by atoms with Crippen LogP contribution in [0.25, 0.3) is 0 Å². The van der Waals surface area contributed by atoms with Crippen molar-refractivity contribution in [3.8, 4) is 0 Å². The number of carbonyl (C=O) groups excluding carboxylic acids is 1. The summed E-state index contributed by atoms with van der Waals surface area (Å²) >= 11 is 0. The molecule has 3 nitrogen and oxygen atoms in total. The van der Waals surface area contributed by atoms with Crippen molar-refractivity contribution >= 4 is 5.78 Å². The molecule has 1 fully saturated rings. The molecule has 1 saturated heterocycles. The van der Waals surface area contributed by atoms with Gasteiger partial charge in [-0.25, -0.2) is 0 Å². The predicted octanol–water partition coefficient (Wildman–Crippen LogP) is 2.55. The zero-order chi connectivity index (χ0) is 12.5. The summed E-state index contributed by atoms with van der Waals surface area (Å²) in [6, 6.07) is 0. The standard InChI is InChI=1S/C13H22O3/c1-7-8(2)11-9(3)12(10(4)14)16-13(5,6)15-11/h7-9,11-12H,1H2,2-6H3/t8-,9-,11+,12+/m0/s1. The molecule has 0 aromatic carbocycles. The minimum Gasteiger partial charge on any atom is -0.346 e. The molecule has 0 N–H and O–H groups in total. The summed E-state index contributed by atoms with van der Waals surface area (Å²) in [4.78, 5) is 11.5. The Kier molecular flexibility index (Phi) is 3.92. The average Bonchev–Trinajstić information content (AvgIpc) is 2.19. The lowest BCUT2D eigenvalue weighted by molar-refractivity contribution is -0.316. The molecular weight excluding hydrogens is 204 g/mol. The Hall–Kier alpha value is -0.670. The van der Waals surface area contributed by atoms with Crippen molar-refractivity contribution in [2.75, 3.05) is 0 Å². The van der Waals surface area contributed by atoms with Crippen molar-refractivity contribution in [1.29, 1.82) is 0 Å². The van der Waals surface area contributed by atoms with E-state index in [0.29, 0.717) is 0 Å². The van der Waals surface area contributed by atoms with E-state index in [2.05, 4.69) is 6.58 Å². The van der Waals surface area contributed by atoms with E-state index >= 15 is 0 Å². The molecule has 16 heavy (non-hydrogen) atoms. The molecule has 0 amide bonds. The third-order valence-corrected chi connectivity index (χ3v) is 3.12. The number of Topliss-reactive ketones (excluding diaryl/α,β-unsaturated/α-hetero) is 1. The smallest absolute Gasteiger partial charge is 0.164 e. The minimum absolute atomic E-state index is 0.0184. The molecule has 1 heterocycles. The van der Waals surface area contributed by atoms with E-state index in [1.165, 1.54) is 0 Å². The second-order valence-electron chi connectivity index (χ2n) is 5.09. The molecule has 0 unspecified atom stereocenters. The summed E-state index contributed by atoms with van der Waals surface area (Å²) in [6.07, 6.45) is 1.46. The predicted molar refractivity (Wildman–Crippen MR) is 63.0 cm³/mol. The second kappa shape index (κ2) is 4.68. The van der Waals surface area contributed by atoms with Crippen molar-refractivity contribution in [2.24, 2.45) is 11.8 Å². The molecule has 0 aliphatic carbocycles. The summed E-state index contributed by atoms with van der Waals surface area (Å²) in [5.41, 5.74) is 0. The van der Waals surface area contributed by atoms with Gasteiger partial charge in [-0.1, -0.05) is 19.9 Å². The quantitative estimate of drug-likeness (QED) is 0.694. The van der Waals surface area contributed by atoms with Gasteiger partial charge in [0.15, 0.2) is 11.6 Å². The highest BCUT2D eigenvalue weighted by molar-refractivity contribution is 5.81. The summed E-state index contributed by atoms with van der Waals surface area (Å²) in [5, 5.41) is 0. The number of rotatable bonds is 3. The third kappa shape index (κ3) is 2.71. The normalized spacial score (nSPS) is 35.4. The highest BCUT2D eigenvalue weighted by atomic mass is 16.7. The van der Waals surface area contributed by atoms with Gasteiger partial charge in [-0.05, 0) is 20.8 Å². The van der Waals surface area contributed by atoms with Gasteiger partial charge in [0.1, 0.15) is 6.10 Å². The molecule has 1 aliphatic rings. The average molecular weight is 226 g/mol. The maximum atomic E-state index is 11.5. The van der Waals surface area contributed by atoms with Gasteiger partial charge < -0.3 is 9.47 Å². The Morgan fingerprint density at radius 2 is 2.00 bits per heavy atom. The number of ether oxygens (including phenoxy) is 2. The van der Waals surface area contributed by atoms with Gasteiger partial charge >= 0.3 is 0 Å². The number of carbonyl (C=O) groups is 1. The van der Waals surface area contributed by atoms with Gasteiger partial charge in [-0.2, -0.15) is 0 Å². The number of hydrogen-bond acceptors (Lipinski definition) is 3. The first kappa shape index (κ1) is 13.4. The van der Waals surface area contributed by atoms with Crippen molar-refractivity contribution in [1.82, 2.24) is 0 Å². The number of ketones is 1. The molecule has 0 radical (unpaired) electrons. The molecule has 92 valence electrons. The van der Waals surface area contributed by atoms with E-state index in [1.54, 1.807) is 6.92 Å². The lowest BCUT2D eigenvalue weighted by Crippen LogP contribution is -2.54. The lowest BCUT2D eigenvalue weighted by atomic mass is 9.86. The Bertz CT molecular complexity index is 283. The minimum atomic E-state index is -0.704. The lowest BCUT2D eigenvalue weighted by Gasteiger charge is -2.45. The first-order valence-corrected chi connectivity index (χ1v) is 5.77. The van der Waals surface area contributed by atoms with E-state index in [0.717, 1.165) is 0 Å². The van der Waals surface area contributed by atoms with Crippen LogP contribution in [0.2, 0.25) is 0 Å². The third-order valence-electron chi connectivity index (χ3n) is 3.12. The van der Waals surface area contributed by atoms with Crippen LogP contribution in [0, 0.1) is 11.8 Å². The zero-order valence-corrected chi connectivity index (χ0v) is 10.8. The van der Waals surface area contributed by atoms with Crippen LogP contribution in [0.1, 0.15) is 34.6 Å². The molecule has 0 bridgehead atoms. The maximum Gasteiger partial charge on any atom is 0.164 e. The van der Waals surface area contributed by atoms with Crippen LogP contribution in [-0.4, -0.2) is 23.8 Å². The summed E-state index contributed by atoms with van der Waals surface area (Å²) < 4.78 is 11.5. The van der Waals surface area contributed by atoms with Crippen LogP contribution in [0.15, 0.2) is 12.7 Å². The molecule has 0 saturated carbocycles. The molecule has 0 aromatic rings. The van der Waals surface area contributed by atoms with Crippen molar-refractivity contribution in [2.45, 2.75) is 52.6 Å². The largest absolute Gasteiger partial charge is 0.346 e. The van der Waals surface area contributed by atoms with Crippen LogP contribution in [0.3, 0.4) is 0 Å². The highest BCUT2D eigenvalue weighted by Gasteiger charge is 2.44. The highest BCUT2D eigenvalue weighted by Crippen LogP contribution is 2.35. The van der Waals surface area contributed by atoms with Crippen LogP contribution < -0.4 is 0 Å². The van der Waals surface area contributed by atoms with E-state index in [1.807, 2.05) is 33.8 Å². The summed E-state index contributed by atoms with van der Waals surface area (Å²) in [6.45, 7) is 13.1. The van der Waals surface area contributed by atoms with Gasteiger partial charge in [0, 0.05) is 11.8 Å². The summed E-state index contributed by atoms with van der Waals surface area (Å²) in [7, 11) is 0. The molecule has 1 aliphatic heterocycles. The molecule has 4 atom stereocenters. The van der Waals surface area contributed by atoms with Gasteiger partial charge in [0.25, 0.3) is 0 Å². The van der Waals surface area contributed by atoms with Gasteiger partial charge in [0.2, 0.25) is 0 Å². The number of hydrogen-bond donors (Lipinski definition) is 0. The Labute approximate surface area is 97.8 Å². The van der Waals surface area contributed by atoms with Gasteiger partial charge in [-0.3, -0.25) is 4.79 Å². The van der Waals surface area contributed by atoms with E-state index in [4.69, 9.17) is 9.47 Å². The second-order valence-corrected chi connectivity index (χ2v) is 5.09. The van der Waals surface area contributed by atoms with Crippen molar-refractivity contribution in [3.05, 3.63) is 12.7 Å². The van der Waals surface area contributed by atoms with Crippen molar-refractivity contribution in [3.63, 3.8) is 0 Å². The van der Waals surface area contributed by atoms with Crippen LogP contribution in [-0.2, 0) is 14.3 Å². The zero-order valence-electron chi connectivity index (χ0n) is 10.8. The SMILES string of the molecule is C=C[C@H](C)[C@H]1OC(C)(C)O[C@@H](C(C)=O)[C@H]1C. The summed E-state index contributed by atoms with van der Waals surface area (Å²) in [5.74, 6) is -0.381. The fourth-order valence-corrected chi connectivity index (χ4v) is 2.22. The molecule has 0 aromatic heterocycles. The van der Waals surface area contributed by atoms with E-state index < -0.39 is 5.79 Å².